The fourth-order valence-corrected chi connectivity index (χ4v) is 2.80. The van der Waals surface area contributed by atoms with Crippen molar-refractivity contribution in [3.05, 3.63) is 40.6 Å². The Hall–Kier alpha value is -1.46. The predicted octanol–water partition coefficient (Wildman–Crippen LogP) is 3.38. The number of nitrogens with two attached hydrogens (primary N) is 1. The van der Waals surface area contributed by atoms with Crippen molar-refractivity contribution in [3.63, 3.8) is 0 Å². The summed E-state index contributed by atoms with van der Waals surface area (Å²) in [6, 6.07) is 10.0. The first kappa shape index (κ1) is 13.5. The zero-order valence-electron chi connectivity index (χ0n) is 11.1. The highest BCUT2D eigenvalue weighted by Crippen LogP contribution is 2.32. The van der Waals surface area contributed by atoms with Gasteiger partial charge in [0.05, 0.1) is 16.8 Å². The number of hydrogen-bond donors (Lipinski definition) is 1. The van der Waals surface area contributed by atoms with Crippen LogP contribution < -0.4 is 5.73 Å². The molecule has 104 valence electrons. The van der Waals surface area contributed by atoms with Gasteiger partial charge in [-0.2, -0.15) is 0 Å². The minimum Gasteiger partial charge on any atom is -0.383 e. The van der Waals surface area contributed by atoms with Gasteiger partial charge in [-0.05, 0) is 28.8 Å². The first-order valence-corrected chi connectivity index (χ1v) is 7.51. The third-order valence-electron chi connectivity index (χ3n) is 3.47. The Morgan fingerprint density at radius 1 is 1.20 bits per heavy atom. The van der Waals surface area contributed by atoms with Gasteiger partial charge in [0.25, 0.3) is 0 Å². The third-order valence-corrected chi connectivity index (χ3v) is 4.25. The molecule has 1 saturated heterocycles. The molecule has 1 unspecified atom stereocenters. The van der Waals surface area contributed by atoms with Crippen molar-refractivity contribution in [2.75, 3.05) is 18.9 Å². The van der Waals surface area contributed by atoms with Crippen LogP contribution in [0, 0.1) is 0 Å². The molecular weight excluding hydrogens is 318 g/mol. The number of nitrogens with zero attached hydrogens (tertiary/aromatic N) is 2. The van der Waals surface area contributed by atoms with Gasteiger partial charge in [-0.3, -0.25) is 0 Å². The standard InChI is InChI=1S/C15H16BrN3O/c16-12-13(10-5-2-1-3-6-10)18-15(19-14(12)17)11-7-4-8-20-9-11/h1-3,5-6,11H,4,7-9H2,(H2,17,18,19). The summed E-state index contributed by atoms with van der Waals surface area (Å²) in [6.07, 6.45) is 2.10. The molecule has 0 radical (unpaired) electrons. The summed E-state index contributed by atoms with van der Waals surface area (Å²) in [7, 11) is 0. The molecule has 0 aliphatic carbocycles. The van der Waals surface area contributed by atoms with Crippen molar-refractivity contribution in [2.24, 2.45) is 0 Å². The molecule has 1 aliphatic heterocycles. The fourth-order valence-electron chi connectivity index (χ4n) is 2.40. The second-order valence-electron chi connectivity index (χ2n) is 4.91. The van der Waals surface area contributed by atoms with Crippen LogP contribution in [0.15, 0.2) is 34.8 Å². The van der Waals surface area contributed by atoms with Crippen LogP contribution in [0.3, 0.4) is 0 Å². The molecule has 0 saturated carbocycles. The summed E-state index contributed by atoms with van der Waals surface area (Å²) in [4.78, 5) is 9.13. The molecule has 2 N–H and O–H groups in total. The van der Waals surface area contributed by atoms with Gasteiger partial charge >= 0.3 is 0 Å². The second-order valence-corrected chi connectivity index (χ2v) is 5.70. The maximum Gasteiger partial charge on any atom is 0.142 e. The smallest absolute Gasteiger partial charge is 0.142 e. The summed E-state index contributed by atoms with van der Waals surface area (Å²) >= 11 is 3.49. The molecule has 3 rings (SSSR count). The van der Waals surface area contributed by atoms with E-state index in [1.54, 1.807) is 0 Å². The quantitative estimate of drug-likeness (QED) is 0.915. The Bertz CT molecular complexity index is 598. The monoisotopic (exact) mass is 333 g/mol. The first-order chi connectivity index (χ1) is 9.75. The first-order valence-electron chi connectivity index (χ1n) is 6.72. The van der Waals surface area contributed by atoms with Gasteiger partial charge < -0.3 is 10.5 Å². The lowest BCUT2D eigenvalue weighted by Crippen LogP contribution is -2.18. The number of aromatic nitrogens is 2. The van der Waals surface area contributed by atoms with E-state index < -0.39 is 0 Å². The molecule has 0 bridgehead atoms. The minimum atomic E-state index is 0.238. The van der Waals surface area contributed by atoms with Crippen molar-refractivity contribution < 1.29 is 4.74 Å². The van der Waals surface area contributed by atoms with Gasteiger partial charge in [-0.1, -0.05) is 30.3 Å². The topological polar surface area (TPSA) is 61.0 Å². The van der Waals surface area contributed by atoms with Gasteiger partial charge in [0.1, 0.15) is 11.6 Å². The number of halogens is 1. The Balaban J connectivity index is 2.03. The van der Waals surface area contributed by atoms with E-state index >= 15 is 0 Å². The summed E-state index contributed by atoms with van der Waals surface area (Å²) < 4.78 is 6.27. The van der Waals surface area contributed by atoms with E-state index in [4.69, 9.17) is 15.5 Å². The molecule has 1 fully saturated rings. The molecule has 0 amide bonds. The Morgan fingerprint density at radius 3 is 2.70 bits per heavy atom. The van der Waals surface area contributed by atoms with Gasteiger partial charge in [0, 0.05) is 18.1 Å². The van der Waals surface area contributed by atoms with E-state index in [2.05, 4.69) is 20.9 Å². The van der Waals surface area contributed by atoms with E-state index in [1.807, 2.05) is 30.3 Å². The lowest BCUT2D eigenvalue weighted by Gasteiger charge is -2.21. The maximum atomic E-state index is 6.03. The van der Waals surface area contributed by atoms with Gasteiger partial charge in [-0.15, -0.1) is 0 Å². The maximum absolute atomic E-state index is 6.03. The van der Waals surface area contributed by atoms with E-state index in [1.165, 1.54) is 0 Å². The zero-order valence-corrected chi connectivity index (χ0v) is 12.6. The average Bonchev–Trinajstić information content (AvgIpc) is 2.51. The number of benzene rings is 1. The van der Waals surface area contributed by atoms with Crippen molar-refractivity contribution in [1.82, 2.24) is 9.97 Å². The molecule has 5 heteroatoms. The summed E-state index contributed by atoms with van der Waals surface area (Å²) in [6.45, 7) is 1.50. The Labute approximate surface area is 126 Å². The summed E-state index contributed by atoms with van der Waals surface area (Å²) in [5.41, 5.74) is 7.91. The number of hydrogen-bond acceptors (Lipinski definition) is 4. The van der Waals surface area contributed by atoms with Crippen molar-refractivity contribution in [1.29, 1.82) is 0 Å². The highest BCUT2D eigenvalue weighted by atomic mass is 79.9. The minimum absolute atomic E-state index is 0.238. The molecule has 2 heterocycles. The van der Waals surface area contributed by atoms with Crippen LogP contribution in [-0.2, 0) is 4.74 Å². The van der Waals surface area contributed by atoms with Crippen LogP contribution in [0.25, 0.3) is 11.3 Å². The average molecular weight is 334 g/mol. The zero-order chi connectivity index (χ0) is 13.9. The number of nitrogen functional groups attached to an aromatic ring is 1. The fraction of sp³-hybridized carbons (Fsp3) is 0.333. The van der Waals surface area contributed by atoms with E-state index in [0.29, 0.717) is 12.4 Å². The largest absolute Gasteiger partial charge is 0.383 e. The van der Waals surface area contributed by atoms with Crippen LogP contribution in [-0.4, -0.2) is 23.2 Å². The van der Waals surface area contributed by atoms with Crippen LogP contribution in [0.1, 0.15) is 24.6 Å². The molecule has 2 aromatic rings. The predicted molar refractivity (Wildman–Crippen MR) is 82.4 cm³/mol. The second kappa shape index (κ2) is 5.89. The number of rotatable bonds is 2. The van der Waals surface area contributed by atoms with Gasteiger partial charge in [0.15, 0.2) is 0 Å². The summed E-state index contributed by atoms with van der Waals surface area (Å²) in [5, 5.41) is 0. The van der Waals surface area contributed by atoms with Crippen molar-refractivity contribution >= 4 is 21.7 Å². The molecule has 1 aromatic heterocycles. The van der Waals surface area contributed by atoms with Crippen molar-refractivity contribution in [3.8, 4) is 11.3 Å². The van der Waals surface area contributed by atoms with E-state index in [9.17, 15) is 0 Å². The van der Waals surface area contributed by atoms with Crippen LogP contribution in [0.5, 0.6) is 0 Å². The lowest BCUT2D eigenvalue weighted by atomic mass is 10.0. The van der Waals surface area contributed by atoms with E-state index in [-0.39, 0.29) is 5.92 Å². The molecular formula is C15H16BrN3O. The van der Waals surface area contributed by atoms with Crippen LogP contribution in [0.2, 0.25) is 0 Å². The SMILES string of the molecule is Nc1nc(C2CCCOC2)nc(-c2ccccc2)c1Br. The third kappa shape index (κ3) is 2.69. The highest BCUT2D eigenvalue weighted by molar-refractivity contribution is 9.10. The van der Waals surface area contributed by atoms with Crippen LogP contribution >= 0.6 is 15.9 Å². The Morgan fingerprint density at radius 2 is 2.00 bits per heavy atom. The molecule has 1 atom stereocenters. The Kier molecular flexibility index (Phi) is 3.98. The van der Waals surface area contributed by atoms with Crippen molar-refractivity contribution in [2.45, 2.75) is 18.8 Å². The summed E-state index contributed by atoms with van der Waals surface area (Å²) in [5.74, 6) is 1.50. The number of anilines is 1. The molecule has 0 spiro atoms. The van der Waals surface area contributed by atoms with E-state index in [0.717, 1.165) is 41.0 Å². The molecule has 1 aromatic carbocycles. The molecule has 20 heavy (non-hydrogen) atoms. The normalized spacial score (nSPS) is 18.9. The highest BCUT2D eigenvalue weighted by Gasteiger charge is 2.21. The number of ether oxygens (including phenoxy) is 1. The molecule has 1 aliphatic rings. The van der Waals surface area contributed by atoms with Crippen LogP contribution in [0.4, 0.5) is 5.82 Å². The van der Waals surface area contributed by atoms with Gasteiger partial charge in [0.2, 0.25) is 0 Å². The lowest BCUT2D eigenvalue weighted by molar-refractivity contribution is 0.0781. The van der Waals surface area contributed by atoms with Gasteiger partial charge in [-0.25, -0.2) is 9.97 Å². The molecule has 4 nitrogen and oxygen atoms in total.